The van der Waals surface area contributed by atoms with Crippen molar-refractivity contribution in [3.05, 3.63) is 90.0 Å². The van der Waals surface area contributed by atoms with Crippen molar-refractivity contribution in [3.8, 4) is 22.4 Å². The third-order valence-corrected chi connectivity index (χ3v) is 5.29. The molecule has 0 spiro atoms. The molecule has 0 aliphatic carbocycles. The fourth-order valence-electron chi connectivity index (χ4n) is 3.67. The number of fused-ring (bicyclic) bond motifs is 1. The molecule has 134 valence electrons. The molecule has 0 radical (unpaired) electrons. The van der Waals surface area contributed by atoms with Gasteiger partial charge in [-0.05, 0) is 54.2 Å². The zero-order valence-electron chi connectivity index (χ0n) is 16.1. The molecular formula is C26H25N. The van der Waals surface area contributed by atoms with Gasteiger partial charge < -0.3 is 0 Å². The second kappa shape index (κ2) is 7.75. The molecular weight excluding hydrogens is 326 g/mol. The van der Waals surface area contributed by atoms with E-state index in [-0.39, 0.29) is 0 Å². The lowest BCUT2D eigenvalue weighted by Gasteiger charge is -2.12. The van der Waals surface area contributed by atoms with Gasteiger partial charge in [0, 0.05) is 10.9 Å². The van der Waals surface area contributed by atoms with E-state index in [9.17, 15) is 0 Å². The largest absolute Gasteiger partial charge is 0.248 e. The number of benzene rings is 3. The average molecular weight is 351 g/mol. The first-order chi connectivity index (χ1) is 13.3. The first-order valence-corrected chi connectivity index (χ1v) is 9.81. The highest BCUT2D eigenvalue weighted by atomic mass is 14.7. The molecule has 0 fully saturated rings. The molecule has 0 bridgehead atoms. The molecule has 0 amide bonds. The number of nitrogens with zero attached hydrogens (tertiary/aromatic N) is 1. The average Bonchev–Trinajstić information content (AvgIpc) is 2.72. The fraction of sp³-hybridized carbons (Fsp3) is 0.192. The van der Waals surface area contributed by atoms with Gasteiger partial charge >= 0.3 is 0 Å². The van der Waals surface area contributed by atoms with Crippen molar-refractivity contribution in [2.24, 2.45) is 0 Å². The third-order valence-electron chi connectivity index (χ3n) is 5.29. The van der Waals surface area contributed by atoms with Crippen LogP contribution in [0.4, 0.5) is 0 Å². The first-order valence-electron chi connectivity index (χ1n) is 9.81. The van der Waals surface area contributed by atoms with Crippen LogP contribution in [0.2, 0.25) is 0 Å². The summed E-state index contributed by atoms with van der Waals surface area (Å²) in [7, 11) is 0. The van der Waals surface area contributed by atoms with E-state index in [1.165, 1.54) is 46.0 Å². The summed E-state index contributed by atoms with van der Waals surface area (Å²) in [5, 5.41) is 1.18. The molecule has 27 heavy (non-hydrogen) atoms. The Morgan fingerprint density at radius 1 is 0.741 bits per heavy atom. The maximum absolute atomic E-state index is 4.89. The number of rotatable bonds is 5. The maximum Gasteiger partial charge on any atom is 0.0712 e. The Morgan fingerprint density at radius 2 is 1.52 bits per heavy atom. The van der Waals surface area contributed by atoms with E-state index in [1.54, 1.807) is 0 Å². The Labute approximate surface area is 161 Å². The Morgan fingerprint density at radius 3 is 2.33 bits per heavy atom. The SMILES string of the molecule is CCCCc1ccc(-c2cccc(-c3ccc4ccccc4n3)c2C)cc1. The smallest absolute Gasteiger partial charge is 0.0712 e. The van der Waals surface area contributed by atoms with Crippen molar-refractivity contribution in [2.45, 2.75) is 33.1 Å². The van der Waals surface area contributed by atoms with Gasteiger partial charge in [-0.25, -0.2) is 4.98 Å². The highest BCUT2D eigenvalue weighted by Gasteiger charge is 2.10. The number of para-hydroxylation sites is 1. The van der Waals surface area contributed by atoms with Crippen molar-refractivity contribution in [1.29, 1.82) is 0 Å². The van der Waals surface area contributed by atoms with Crippen LogP contribution in [0.1, 0.15) is 30.9 Å². The van der Waals surface area contributed by atoms with Crippen molar-refractivity contribution < 1.29 is 0 Å². The number of hydrogen-bond donors (Lipinski definition) is 0. The summed E-state index contributed by atoms with van der Waals surface area (Å²) < 4.78 is 0. The van der Waals surface area contributed by atoms with Gasteiger partial charge in [-0.3, -0.25) is 0 Å². The molecule has 0 N–H and O–H groups in total. The van der Waals surface area contributed by atoms with Gasteiger partial charge in [0.1, 0.15) is 0 Å². The van der Waals surface area contributed by atoms with Crippen molar-refractivity contribution in [3.63, 3.8) is 0 Å². The Balaban J connectivity index is 1.72. The van der Waals surface area contributed by atoms with Gasteiger partial charge in [0.2, 0.25) is 0 Å². The third kappa shape index (κ3) is 3.64. The van der Waals surface area contributed by atoms with Crippen LogP contribution in [0.5, 0.6) is 0 Å². The summed E-state index contributed by atoms with van der Waals surface area (Å²) >= 11 is 0. The molecule has 0 unspecified atom stereocenters. The quantitative estimate of drug-likeness (QED) is 0.370. The van der Waals surface area contributed by atoms with Gasteiger partial charge in [-0.1, -0.05) is 80.1 Å². The van der Waals surface area contributed by atoms with Gasteiger partial charge in [0.15, 0.2) is 0 Å². The molecule has 0 saturated heterocycles. The fourth-order valence-corrected chi connectivity index (χ4v) is 3.67. The van der Waals surface area contributed by atoms with Crippen LogP contribution in [0.3, 0.4) is 0 Å². The minimum Gasteiger partial charge on any atom is -0.248 e. The lowest BCUT2D eigenvalue weighted by atomic mass is 9.93. The van der Waals surface area contributed by atoms with Gasteiger partial charge in [-0.2, -0.15) is 0 Å². The summed E-state index contributed by atoms with van der Waals surface area (Å²) in [4.78, 5) is 4.89. The molecule has 1 heterocycles. The molecule has 0 saturated carbocycles. The molecule has 1 aromatic heterocycles. The van der Waals surface area contributed by atoms with Crippen LogP contribution in [-0.2, 0) is 6.42 Å². The molecule has 0 aliphatic heterocycles. The van der Waals surface area contributed by atoms with E-state index in [2.05, 4.69) is 86.6 Å². The zero-order valence-corrected chi connectivity index (χ0v) is 16.1. The highest BCUT2D eigenvalue weighted by Crippen LogP contribution is 2.32. The molecule has 4 aromatic rings. The summed E-state index contributed by atoms with van der Waals surface area (Å²) in [5.74, 6) is 0. The lowest BCUT2D eigenvalue weighted by molar-refractivity contribution is 0.795. The van der Waals surface area contributed by atoms with Crippen molar-refractivity contribution in [1.82, 2.24) is 4.98 Å². The number of hydrogen-bond acceptors (Lipinski definition) is 1. The van der Waals surface area contributed by atoms with Crippen LogP contribution in [-0.4, -0.2) is 4.98 Å². The molecule has 4 rings (SSSR count). The predicted octanol–water partition coefficient (Wildman–Crippen LogP) is 7.22. The van der Waals surface area contributed by atoms with Gasteiger partial charge in [-0.15, -0.1) is 0 Å². The van der Waals surface area contributed by atoms with Crippen molar-refractivity contribution >= 4 is 10.9 Å². The Bertz CT molecular complexity index is 1060. The van der Waals surface area contributed by atoms with E-state index in [0.29, 0.717) is 0 Å². The predicted molar refractivity (Wildman–Crippen MR) is 116 cm³/mol. The topological polar surface area (TPSA) is 12.9 Å². The Kier molecular flexibility index (Phi) is 5.02. The van der Waals surface area contributed by atoms with Crippen LogP contribution in [0, 0.1) is 6.92 Å². The summed E-state index contributed by atoms with van der Waals surface area (Å²) in [5.41, 5.74) is 8.54. The van der Waals surface area contributed by atoms with Gasteiger partial charge in [0.25, 0.3) is 0 Å². The first kappa shape index (κ1) is 17.5. The summed E-state index contributed by atoms with van der Waals surface area (Å²) in [6.07, 6.45) is 3.65. The maximum atomic E-state index is 4.89. The van der Waals surface area contributed by atoms with E-state index in [1.807, 2.05) is 6.07 Å². The van der Waals surface area contributed by atoms with Gasteiger partial charge in [0.05, 0.1) is 11.2 Å². The monoisotopic (exact) mass is 351 g/mol. The lowest BCUT2D eigenvalue weighted by Crippen LogP contribution is -1.92. The molecule has 0 atom stereocenters. The minimum absolute atomic E-state index is 1.03. The Hall–Kier alpha value is -2.93. The molecule has 0 aliphatic rings. The second-order valence-electron chi connectivity index (χ2n) is 7.17. The van der Waals surface area contributed by atoms with E-state index in [4.69, 9.17) is 4.98 Å². The second-order valence-corrected chi connectivity index (χ2v) is 7.17. The molecule has 1 heteroatoms. The van der Waals surface area contributed by atoms with E-state index < -0.39 is 0 Å². The highest BCUT2D eigenvalue weighted by molar-refractivity contribution is 5.83. The number of pyridine rings is 1. The van der Waals surface area contributed by atoms with E-state index >= 15 is 0 Å². The normalized spacial score (nSPS) is 11.0. The van der Waals surface area contributed by atoms with Crippen molar-refractivity contribution in [2.75, 3.05) is 0 Å². The summed E-state index contributed by atoms with van der Waals surface area (Å²) in [6.45, 7) is 4.44. The minimum atomic E-state index is 1.03. The number of unbranched alkanes of at least 4 members (excludes halogenated alkanes) is 1. The summed E-state index contributed by atoms with van der Waals surface area (Å²) in [6, 6.07) is 28.1. The standard InChI is InChI=1S/C26H25N/c1-3-4-8-20-13-15-21(16-14-20)23-10-7-11-24(19(23)2)26-18-17-22-9-5-6-12-25(22)27-26/h5-7,9-18H,3-4,8H2,1-2H3. The number of aryl methyl sites for hydroxylation is 1. The van der Waals surface area contributed by atoms with Crippen LogP contribution < -0.4 is 0 Å². The van der Waals surface area contributed by atoms with Crippen LogP contribution in [0.25, 0.3) is 33.3 Å². The zero-order chi connectivity index (χ0) is 18.6. The van der Waals surface area contributed by atoms with E-state index in [0.717, 1.165) is 17.6 Å². The van der Waals surface area contributed by atoms with Crippen LogP contribution in [0.15, 0.2) is 78.9 Å². The number of aromatic nitrogens is 1. The molecule has 3 aromatic carbocycles. The molecule has 1 nitrogen and oxygen atoms in total. The van der Waals surface area contributed by atoms with Crippen LogP contribution >= 0.6 is 0 Å².